The number of hydrogen-bond donors (Lipinski definition) is 2. The van der Waals surface area contributed by atoms with Crippen molar-refractivity contribution >= 4 is 5.91 Å². The molecule has 1 fully saturated rings. The number of ether oxygens (including phenoxy) is 1. The lowest BCUT2D eigenvalue weighted by Crippen LogP contribution is -2.39. The summed E-state index contributed by atoms with van der Waals surface area (Å²) in [5.74, 6) is 1.35. The van der Waals surface area contributed by atoms with Gasteiger partial charge in [0.05, 0.1) is 6.61 Å². The van der Waals surface area contributed by atoms with E-state index < -0.39 is 6.10 Å². The van der Waals surface area contributed by atoms with Gasteiger partial charge in [-0.2, -0.15) is 0 Å². The molecule has 1 aromatic rings. The fourth-order valence-corrected chi connectivity index (χ4v) is 2.92. The van der Waals surface area contributed by atoms with Crippen LogP contribution in [0.15, 0.2) is 24.3 Å². The fraction of sp³-hybridized carbons (Fsp3) is 0.632. The van der Waals surface area contributed by atoms with Gasteiger partial charge in [0.25, 0.3) is 5.91 Å². The molecule has 0 aliphatic carbocycles. The maximum Gasteiger partial charge on any atom is 0.260 e. The number of nitrogens with zero attached hydrogens (tertiary/aromatic N) is 1. The van der Waals surface area contributed by atoms with Gasteiger partial charge in [-0.25, -0.2) is 0 Å². The summed E-state index contributed by atoms with van der Waals surface area (Å²) in [4.78, 5) is 14.6. The van der Waals surface area contributed by atoms with Crippen LogP contribution in [0.1, 0.15) is 38.7 Å². The predicted octanol–water partition coefficient (Wildman–Crippen LogP) is 2.18. The van der Waals surface area contributed by atoms with Gasteiger partial charge in [0.15, 0.2) is 6.10 Å². The normalized spacial score (nSPS) is 17.5. The molecule has 1 atom stereocenters. The van der Waals surface area contributed by atoms with E-state index in [9.17, 15) is 4.79 Å². The van der Waals surface area contributed by atoms with Crippen LogP contribution in [0.2, 0.25) is 0 Å². The van der Waals surface area contributed by atoms with Crippen LogP contribution in [0.3, 0.4) is 0 Å². The van der Waals surface area contributed by atoms with Crippen LogP contribution in [-0.2, 0) is 11.4 Å². The van der Waals surface area contributed by atoms with E-state index in [1.807, 2.05) is 12.1 Å². The first-order valence-corrected chi connectivity index (χ1v) is 8.95. The quantitative estimate of drug-likeness (QED) is 0.716. The van der Waals surface area contributed by atoms with Crippen LogP contribution in [0.5, 0.6) is 5.75 Å². The van der Waals surface area contributed by atoms with Gasteiger partial charge in [-0.3, -0.25) is 4.79 Å². The molecule has 1 aliphatic rings. The Morgan fingerprint density at radius 3 is 2.88 bits per heavy atom. The first kappa shape index (κ1) is 18.7. The average Bonchev–Trinajstić information content (AvgIpc) is 2.60. The Kier molecular flexibility index (Phi) is 7.53. The molecule has 2 rings (SSSR count). The highest BCUT2D eigenvalue weighted by atomic mass is 16.5. The summed E-state index contributed by atoms with van der Waals surface area (Å²) in [5.41, 5.74) is 0.774. The summed E-state index contributed by atoms with van der Waals surface area (Å²) in [6.45, 7) is 8.09. The number of aliphatic hydroxyl groups is 1. The summed E-state index contributed by atoms with van der Waals surface area (Å²) in [6.07, 6.45) is 2.98. The van der Waals surface area contributed by atoms with Crippen molar-refractivity contribution in [3.8, 4) is 5.75 Å². The van der Waals surface area contributed by atoms with Gasteiger partial charge in [0.2, 0.25) is 0 Å². The van der Waals surface area contributed by atoms with E-state index in [-0.39, 0.29) is 12.5 Å². The van der Waals surface area contributed by atoms with Crippen molar-refractivity contribution in [1.82, 2.24) is 10.2 Å². The smallest absolute Gasteiger partial charge is 0.260 e. The molecule has 2 N–H and O–H groups in total. The van der Waals surface area contributed by atoms with Crippen molar-refractivity contribution < 1.29 is 14.6 Å². The molecule has 0 bridgehead atoms. The molecule has 1 aromatic carbocycles. The topological polar surface area (TPSA) is 61.8 Å². The molecule has 1 unspecified atom stereocenters. The second-order valence-electron chi connectivity index (χ2n) is 6.73. The predicted molar refractivity (Wildman–Crippen MR) is 94.9 cm³/mol. The van der Waals surface area contributed by atoms with Crippen molar-refractivity contribution in [3.05, 3.63) is 29.8 Å². The second-order valence-corrected chi connectivity index (χ2v) is 6.73. The lowest BCUT2D eigenvalue weighted by Gasteiger charge is -2.30. The number of piperidine rings is 1. The van der Waals surface area contributed by atoms with E-state index in [1.165, 1.54) is 25.9 Å². The third-order valence-corrected chi connectivity index (χ3v) is 4.59. The first-order valence-electron chi connectivity index (χ1n) is 8.95. The zero-order chi connectivity index (χ0) is 17.4. The van der Waals surface area contributed by atoms with Crippen LogP contribution in [0.4, 0.5) is 0 Å². The van der Waals surface area contributed by atoms with Crippen LogP contribution < -0.4 is 10.1 Å². The minimum absolute atomic E-state index is 0.0347. The molecule has 0 aromatic heterocycles. The molecule has 0 saturated carbocycles. The Morgan fingerprint density at radius 2 is 2.17 bits per heavy atom. The number of likely N-dealkylation sites (tertiary alicyclic amines) is 1. The molecular weight excluding hydrogens is 304 g/mol. The largest absolute Gasteiger partial charge is 0.481 e. The number of rotatable bonds is 8. The average molecular weight is 334 g/mol. The summed E-state index contributed by atoms with van der Waals surface area (Å²) in [6, 6.07) is 7.17. The van der Waals surface area contributed by atoms with Gasteiger partial charge in [-0.05, 0) is 69.4 Å². The van der Waals surface area contributed by atoms with Crippen molar-refractivity contribution in [3.63, 3.8) is 0 Å². The number of hydrogen-bond acceptors (Lipinski definition) is 4. The van der Waals surface area contributed by atoms with E-state index >= 15 is 0 Å². The molecule has 1 aliphatic heterocycles. The van der Waals surface area contributed by atoms with Gasteiger partial charge in [-0.15, -0.1) is 0 Å². The highest BCUT2D eigenvalue weighted by Crippen LogP contribution is 2.16. The Labute approximate surface area is 145 Å². The molecule has 0 radical (unpaired) electrons. The summed E-state index contributed by atoms with van der Waals surface area (Å²) in [5, 5.41) is 12.1. The number of nitrogens with one attached hydrogen (secondary N) is 1. The lowest BCUT2D eigenvalue weighted by molar-refractivity contribution is -0.127. The number of carbonyl (C=O) groups excluding carboxylic acids is 1. The maximum absolute atomic E-state index is 12.1. The van der Waals surface area contributed by atoms with Gasteiger partial charge >= 0.3 is 0 Å². The molecule has 5 nitrogen and oxygen atoms in total. The third kappa shape index (κ3) is 6.13. The Morgan fingerprint density at radius 1 is 1.42 bits per heavy atom. The Bertz CT molecular complexity index is 513. The van der Waals surface area contributed by atoms with Gasteiger partial charge in [0.1, 0.15) is 5.75 Å². The lowest BCUT2D eigenvalue weighted by atomic mass is 9.99. The van der Waals surface area contributed by atoms with Gasteiger partial charge in [0, 0.05) is 6.54 Å². The summed E-state index contributed by atoms with van der Waals surface area (Å²) in [7, 11) is 0. The van der Waals surface area contributed by atoms with Crippen LogP contribution in [-0.4, -0.2) is 48.2 Å². The fourth-order valence-electron chi connectivity index (χ4n) is 2.92. The van der Waals surface area contributed by atoms with Gasteiger partial charge < -0.3 is 20.1 Å². The number of amides is 1. The SMILES string of the molecule is CC1CCN(CCCNC(=O)C(C)Oc2cccc(CO)c2)CC1. The molecular formula is C19H30N2O3. The summed E-state index contributed by atoms with van der Waals surface area (Å²) < 4.78 is 5.64. The van der Waals surface area contributed by atoms with E-state index in [1.54, 1.807) is 19.1 Å². The minimum atomic E-state index is -0.547. The van der Waals surface area contributed by atoms with Crippen molar-refractivity contribution in [2.75, 3.05) is 26.2 Å². The van der Waals surface area contributed by atoms with Crippen LogP contribution in [0.25, 0.3) is 0 Å². The van der Waals surface area contributed by atoms with Crippen molar-refractivity contribution in [2.24, 2.45) is 5.92 Å². The van der Waals surface area contributed by atoms with E-state index in [2.05, 4.69) is 17.1 Å². The number of carbonyl (C=O) groups is 1. The molecule has 0 spiro atoms. The van der Waals surface area contributed by atoms with Crippen molar-refractivity contribution in [1.29, 1.82) is 0 Å². The number of benzene rings is 1. The first-order chi connectivity index (χ1) is 11.6. The van der Waals surface area contributed by atoms with Crippen molar-refractivity contribution in [2.45, 2.75) is 45.8 Å². The van der Waals surface area contributed by atoms with E-state index in [4.69, 9.17) is 9.84 Å². The molecule has 1 heterocycles. The second kappa shape index (κ2) is 9.64. The summed E-state index contributed by atoms with van der Waals surface area (Å²) >= 11 is 0. The van der Waals surface area contributed by atoms with Crippen LogP contribution in [0, 0.1) is 5.92 Å². The molecule has 5 heteroatoms. The van der Waals surface area contributed by atoms with E-state index in [0.29, 0.717) is 12.3 Å². The Balaban J connectivity index is 1.64. The monoisotopic (exact) mass is 334 g/mol. The maximum atomic E-state index is 12.1. The third-order valence-electron chi connectivity index (χ3n) is 4.59. The minimum Gasteiger partial charge on any atom is -0.481 e. The molecule has 1 amide bonds. The molecule has 24 heavy (non-hydrogen) atoms. The zero-order valence-electron chi connectivity index (χ0n) is 14.8. The highest BCUT2D eigenvalue weighted by Gasteiger charge is 2.16. The van der Waals surface area contributed by atoms with E-state index in [0.717, 1.165) is 24.4 Å². The van der Waals surface area contributed by atoms with Crippen LogP contribution >= 0.6 is 0 Å². The zero-order valence-corrected chi connectivity index (χ0v) is 14.8. The Hall–Kier alpha value is -1.59. The highest BCUT2D eigenvalue weighted by molar-refractivity contribution is 5.80. The van der Waals surface area contributed by atoms with Gasteiger partial charge in [-0.1, -0.05) is 19.1 Å². The standard InChI is InChI=1S/C19H30N2O3/c1-15-7-11-21(12-8-15)10-4-9-20-19(23)16(2)24-18-6-3-5-17(13-18)14-22/h3,5-6,13,15-16,22H,4,7-12,14H2,1-2H3,(H,20,23). The molecule has 134 valence electrons. The molecule has 1 saturated heterocycles. The number of aliphatic hydroxyl groups excluding tert-OH is 1.